The fourth-order valence-corrected chi connectivity index (χ4v) is 3.97. The summed E-state index contributed by atoms with van der Waals surface area (Å²) in [6, 6.07) is 13.6. The van der Waals surface area contributed by atoms with Crippen molar-refractivity contribution in [3.8, 4) is 0 Å². The molecule has 0 saturated heterocycles. The molecule has 0 aliphatic rings. The molecule has 5 heteroatoms. The van der Waals surface area contributed by atoms with E-state index >= 15 is 0 Å². The van der Waals surface area contributed by atoms with Crippen molar-refractivity contribution in [2.75, 3.05) is 6.61 Å². The Labute approximate surface area is 156 Å². The number of esters is 1. The quantitative estimate of drug-likeness (QED) is 0.461. The van der Waals surface area contributed by atoms with Crippen LogP contribution in [0.15, 0.2) is 42.5 Å². The molecule has 0 saturated carbocycles. The smallest absolute Gasteiger partial charge is 0.348 e. The summed E-state index contributed by atoms with van der Waals surface area (Å²) in [4.78, 5) is 14.0. The topological polar surface area (TPSA) is 35.5 Å². The van der Waals surface area contributed by atoms with Gasteiger partial charge in [-0.15, -0.1) is 11.3 Å². The van der Waals surface area contributed by atoms with E-state index in [1.807, 2.05) is 42.5 Å². The predicted octanol–water partition coefficient (Wildman–Crippen LogP) is 5.67. The van der Waals surface area contributed by atoms with Gasteiger partial charge in [-0.2, -0.15) is 0 Å². The van der Waals surface area contributed by atoms with Crippen LogP contribution in [-0.4, -0.2) is 20.9 Å². The minimum atomic E-state index is -1.71. The van der Waals surface area contributed by atoms with Gasteiger partial charge >= 0.3 is 5.97 Å². The van der Waals surface area contributed by atoms with Gasteiger partial charge in [0.1, 0.15) is 11.5 Å². The Bertz CT molecular complexity index is 686. The minimum absolute atomic E-state index is 0.217. The molecule has 136 valence electrons. The maximum absolute atomic E-state index is 12.2. The second kappa shape index (κ2) is 8.30. The summed E-state index contributed by atoms with van der Waals surface area (Å²) in [5.41, 5.74) is 0.996. The predicted molar refractivity (Wildman–Crippen MR) is 107 cm³/mol. The molecular formula is C20H28O3SSi. The molecule has 0 unspecified atom stereocenters. The van der Waals surface area contributed by atoms with Crippen LogP contribution < -0.4 is 0 Å². The third kappa shape index (κ3) is 5.80. The maximum atomic E-state index is 12.2. The number of hydrogen-bond acceptors (Lipinski definition) is 4. The van der Waals surface area contributed by atoms with E-state index in [0.29, 0.717) is 18.1 Å². The van der Waals surface area contributed by atoms with Crippen LogP contribution in [-0.2, 0) is 22.2 Å². The average Bonchev–Trinajstić information content (AvgIpc) is 3.01. The first-order chi connectivity index (χ1) is 11.7. The van der Waals surface area contributed by atoms with Crippen LogP contribution in [0.5, 0.6) is 0 Å². The number of carbonyl (C=O) groups is 1. The van der Waals surface area contributed by atoms with Gasteiger partial charge in [0.15, 0.2) is 8.32 Å². The van der Waals surface area contributed by atoms with Crippen LogP contribution in [0.2, 0.25) is 18.1 Å². The molecule has 0 amide bonds. The molecule has 0 bridgehead atoms. The molecule has 0 atom stereocenters. The standard InChI is InChI=1S/C20H28O3SSi/c1-20(2,3)25(4,5)23-14-13-17-11-12-18(24-17)19(21)22-15-16-9-7-6-8-10-16/h6-12H,13-15H2,1-5H3. The first-order valence-corrected chi connectivity index (χ1v) is 12.4. The first kappa shape index (κ1) is 19.9. The summed E-state index contributed by atoms with van der Waals surface area (Å²) in [6.07, 6.45) is 0.836. The normalized spacial score (nSPS) is 12.2. The number of carbonyl (C=O) groups excluding carboxylic acids is 1. The highest BCUT2D eigenvalue weighted by molar-refractivity contribution is 7.13. The van der Waals surface area contributed by atoms with Gasteiger partial charge in [0, 0.05) is 17.9 Å². The van der Waals surface area contributed by atoms with Crippen LogP contribution >= 0.6 is 11.3 Å². The van der Waals surface area contributed by atoms with Crippen molar-refractivity contribution in [2.24, 2.45) is 0 Å². The fourth-order valence-electron chi connectivity index (χ4n) is 2.04. The van der Waals surface area contributed by atoms with E-state index < -0.39 is 8.32 Å². The number of thiophene rings is 1. The van der Waals surface area contributed by atoms with Gasteiger partial charge in [0.25, 0.3) is 0 Å². The summed E-state index contributed by atoms with van der Waals surface area (Å²) in [5, 5.41) is 0.217. The van der Waals surface area contributed by atoms with Gasteiger partial charge in [0.2, 0.25) is 0 Å². The van der Waals surface area contributed by atoms with Crippen molar-refractivity contribution < 1.29 is 14.0 Å². The van der Waals surface area contributed by atoms with E-state index in [4.69, 9.17) is 9.16 Å². The van der Waals surface area contributed by atoms with Gasteiger partial charge in [-0.05, 0) is 35.8 Å². The van der Waals surface area contributed by atoms with Crippen LogP contribution in [0.4, 0.5) is 0 Å². The van der Waals surface area contributed by atoms with Crippen molar-refractivity contribution >= 4 is 25.6 Å². The van der Waals surface area contributed by atoms with Gasteiger partial charge in [-0.3, -0.25) is 0 Å². The number of ether oxygens (including phenoxy) is 1. The lowest BCUT2D eigenvalue weighted by atomic mass is 10.2. The van der Waals surface area contributed by atoms with E-state index in [1.165, 1.54) is 11.3 Å². The molecule has 1 heterocycles. The largest absolute Gasteiger partial charge is 0.457 e. The molecule has 0 spiro atoms. The Balaban J connectivity index is 1.82. The zero-order chi connectivity index (χ0) is 18.5. The van der Waals surface area contributed by atoms with Crippen LogP contribution in [0.3, 0.4) is 0 Å². The van der Waals surface area contributed by atoms with E-state index in [9.17, 15) is 4.79 Å². The van der Waals surface area contributed by atoms with Crippen molar-refractivity contribution in [2.45, 2.75) is 51.9 Å². The molecule has 0 N–H and O–H groups in total. The summed E-state index contributed by atoms with van der Waals surface area (Å²) in [6.45, 7) is 12.3. The van der Waals surface area contributed by atoms with Crippen LogP contribution in [0.1, 0.15) is 40.9 Å². The Kier molecular flexibility index (Phi) is 6.60. The lowest BCUT2D eigenvalue weighted by molar-refractivity contribution is 0.0478. The molecule has 0 radical (unpaired) electrons. The van der Waals surface area contributed by atoms with E-state index in [1.54, 1.807) is 0 Å². The average molecular weight is 377 g/mol. The van der Waals surface area contributed by atoms with E-state index in [-0.39, 0.29) is 11.0 Å². The Morgan fingerprint density at radius 2 is 1.76 bits per heavy atom. The Morgan fingerprint density at radius 1 is 1.08 bits per heavy atom. The summed E-state index contributed by atoms with van der Waals surface area (Å²) < 4.78 is 11.6. The molecule has 1 aromatic heterocycles. The fraction of sp³-hybridized carbons (Fsp3) is 0.450. The molecule has 25 heavy (non-hydrogen) atoms. The molecule has 0 aliphatic heterocycles. The first-order valence-electron chi connectivity index (χ1n) is 8.63. The van der Waals surface area contributed by atoms with Gasteiger partial charge in [-0.1, -0.05) is 51.1 Å². The summed E-state index contributed by atoms with van der Waals surface area (Å²) in [7, 11) is -1.71. The van der Waals surface area contributed by atoms with Crippen molar-refractivity contribution in [1.82, 2.24) is 0 Å². The Morgan fingerprint density at radius 3 is 2.40 bits per heavy atom. The highest BCUT2D eigenvalue weighted by atomic mass is 32.1. The van der Waals surface area contributed by atoms with E-state index in [2.05, 4.69) is 33.9 Å². The molecule has 0 aliphatic carbocycles. The lowest BCUT2D eigenvalue weighted by Gasteiger charge is -2.36. The molecule has 2 aromatic rings. The monoisotopic (exact) mass is 376 g/mol. The zero-order valence-electron chi connectivity index (χ0n) is 15.8. The minimum Gasteiger partial charge on any atom is -0.457 e. The number of rotatable bonds is 7. The SMILES string of the molecule is CC(C)(C)[Si](C)(C)OCCc1ccc(C(=O)OCc2ccccc2)s1. The van der Waals surface area contributed by atoms with Crippen molar-refractivity contribution in [3.63, 3.8) is 0 Å². The second-order valence-corrected chi connectivity index (χ2v) is 13.7. The third-order valence-electron chi connectivity index (χ3n) is 4.69. The maximum Gasteiger partial charge on any atom is 0.348 e. The molecule has 2 rings (SSSR count). The zero-order valence-corrected chi connectivity index (χ0v) is 17.6. The van der Waals surface area contributed by atoms with Crippen molar-refractivity contribution in [3.05, 3.63) is 57.8 Å². The molecule has 0 fully saturated rings. The molecule has 1 aromatic carbocycles. The molecule has 3 nitrogen and oxygen atoms in total. The number of benzene rings is 1. The van der Waals surface area contributed by atoms with Gasteiger partial charge in [0.05, 0.1) is 0 Å². The Hall–Kier alpha value is -1.43. The highest BCUT2D eigenvalue weighted by Gasteiger charge is 2.36. The second-order valence-electron chi connectivity index (χ2n) is 7.69. The molecular weight excluding hydrogens is 348 g/mol. The summed E-state index contributed by atoms with van der Waals surface area (Å²) >= 11 is 1.50. The van der Waals surface area contributed by atoms with Crippen LogP contribution in [0, 0.1) is 0 Å². The van der Waals surface area contributed by atoms with Gasteiger partial charge < -0.3 is 9.16 Å². The van der Waals surface area contributed by atoms with Gasteiger partial charge in [-0.25, -0.2) is 4.79 Å². The lowest BCUT2D eigenvalue weighted by Crippen LogP contribution is -2.41. The highest BCUT2D eigenvalue weighted by Crippen LogP contribution is 2.36. The van der Waals surface area contributed by atoms with Crippen LogP contribution in [0.25, 0.3) is 0 Å². The summed E-state index contributed by atoms with van der Waals surface area (Å²) in [5.74, 6) is -0.259. The number of hydrogen-bond donors (Lipinski definition) is 0. The third-order valence-corrected chi connectivity index (χ3v) is 10.4. The van der Waals surface area contributed by atoms with E-state index in [0.717, 1.165) is 16.9 Å². The van der Waals surface area contributed by atoms with Crippen molar-refractivity contribution in [1.29, 1.82) is 0 Å².